The van der Waals surface area contributed by atoms with Gasteiger partial charge in [0.25, 0.3) is 0 Å². The zero-order valence-corrected chi connectivity index (χ0v) is 10.3. The van der Waals surface area contributed by atoms with Crippen molar-refractivity contribution in [2.45, 2.75) is 48.0 Å². The van der Waals surface area contributed by atoms with E-state index >= 15 is 0 Å². The molecule has 0 aromatic carbocycles. The minimum absolute atomic E-state index is 0.117. The van der Waals surface area contributed by atoms with Gasteiger partial charge in [-0.1, -0.05) is 41.5 Å². The number of rotatable bonds is 5. The molecule has 0 radical (unpaired) electrons. The topological polar surface area (TPSA) is 37.3 Å². The lowest BCUT2D eigenvalue weighted by Crippen LogP contribution is -2.35. The third-order valence-electron chi connectivity index (χ3n) is 2.71. The lowest BCUT2D eigenvalue weighted by Gasteiger charge is -2.35. The van der Waals surface area contributed by atoms with E-state index in [-0.39, 0.29) is 17.3 Å². The van der Waals surface area contributed by atoms with Gasteiger partial charge in [-0.25, -0.2) is 0 Å². The molecule has 1 unspecified atom stereocenters. The van der Waals surface area contributed by atoms with E-state index in [2.05, 4.69) is 27.7 Å². The van der Waals surface area contributed by atoms with Gasteiger partial charge in [0.2, 0.25) is 0 Å². The molecule has 2 nitrogen and oxygen atoms in total. The first-order valence-corrected chi connectivity index (χ1v) is 5.41. The van der Waals surface area contributed by atoms with Crippen LogP contribution in [0, 0.1) is 23.2 Å². The fourth-order valence-corrected chi connectivity index (χ4v) is 2.70. The van der Waals surface area contributed by atoms with Crippen LogP contribution >= 0.6 is 0 Å². The summed E-state index contributed by atoms with van der Waals surface area (Å²) in [6.07, 6.45) is 0.960. The number of hydrogen-bond donors (Lipinski definition) is 1. The lowest BCUT2D eigenvalue weighted by atomic mass is 9.69. The second kappa shape index (κ2) is 4.81. The minimum Gasteiger partial charge on any atom is -0.481 e. The molecule has 0 aliphatic carbocycles. The Morgan fingerprint density at radius 2 is 1.64 bits per heavy atom. The summed E-state index contributed by atoms with van der Waals surface area (Å²) in [6.45, 7) is 12.4. The smallest absolute Gasteiger partial charge is 0.307 e. The Bertz CT molecular complexity index is 192. The molecule has 0 saturated heterocycles. The van der Waals surface area contributed by atoms with Gasteiger partial charge in [-0.2, -0.15) is 0 Å². The van der Waals surface area contributed by atoms with Crippen LogP contribution in [0.3, 0.4) is 0 Å². The second-order valence-electron chi connectivity index (χ2n) is 5.65. The Kier molecular flexibility index (Phi) is 4.63. The molecule has 0 bridgehead atoms. The predicted octanol–water partition coefficient (Wildman–Crippen LogP) is 3.42. The molecule has 0 saturated carbocycles. The van der Waals surface area contributed by atoms with Gasteiger partial charge in [-0.15, -0.1) is 0 Å². The molecule has 0 heterocycles. The van der Waals surface area contributed by atoms with Crippen LogP contribution < -0.4 is 0 Å². The van der Waals surface area contributed by atoms with Crippen LogP contribution in [0.4, 0.5) is 0 Å². The van der Waals surface area contributed by atoms with Gasteiger partial charge in [0, 0.05) is 0 Å². The maximum atomic E-state index is 11.2. The summed E-state index contributed by atoms with van der Waals surface area (Å²) in [5.41, 5.74) is -0.117. The third-order valence-corrected chi connectivity index (χ3v) is 2.71. The van der Waals surface area contributed by atoms with E-state index in [0.717, 1.165) is 6.42 Å². The molecule has 14 heavy (non-hydrogen) atoms. The highest BCUT2D eigenvalue weighted by Crippen LogP contribution is 2.38. The molecule has 2 heteroatoms. The number of carboxylic acids is 1. The van der Waals surface area contributed by atoms with Gasteiger partial charge in [-0.3, -0.25) is 4.79 Å². The van der Waals surface area contributed by atoms with Crippen molar-refractivity contribution in [3.05, 3.63) is 0 Å². The zero-order chi connectivity index (χ0) is 11.5. The van der Waals surface area contributed by atoms with Crippen LogP contribution in [-0.4, -0.2) is 11.1 Å². The molecule has 0 aromatic heterocycles. The van der Waals surface area contributed by atoms with E-state index in [1.807, 2.05) is 13.8 Å². The van der Waals surface area contributed by atoms with Crippen molar-refractivity contribution >= 4 is 5.97 Å². The molecule has 0 amide bonds. The zero-order valence-electron chi connectivity index (χ0n) is 10.3. The fourth-order valence-electron chi connectivity index (χ4n) is 2.70. The molecule has 0 spiro atoms. The highest BCUT2D eigenvalue weighted by molar-refractivity contribution is 5.71. The van der Waals surface area contributed by atoms with E-state index < -0.39 is 5.97 Å². The average molecular weight is 200 g/mol. The van der Waals surface area contributed by atoms with Crippen molar-refractivity contribution in [2.24, 2.45) is 23.2 Å². The molecule has 1 atom stereocenters. The van der Waals surface area contributed by atoms with Gasteiger partial charge in [0.1, 0.15) is 0 Å². The van der Waals surface area contributed by atoms with Crippen molar-refractivity contribution in [3.8, 4) is 0 Å². The van der Waals surface area contributed by atoms with Crippen molar-refractivity contribution in [2.75, 3.05) is 0 Å². The number of carboxylic acid groups (broad SMARTS) is 1. The van der Waals surface area contributed by atoms with E-state index in [9.17, 15) is 9.90 Å². The first-order valence-electron chi connectivity index (χ1n) is 5.41. The summed E-state index contributed by atoms with van der Waals surface area (Å²) in [5, 5.41) is 9.19. The SMILES string of the molecule is CC(C)CC(C)(C)C(C(=O)O)C(C)C. The van der Waals surface area contributed by atoms with Gasteiger partial charge in [-0.05, 0) is 23.7 Å². The highest BCUT2D eigenvalue weighted by atomic mass is 16.4. The number of hydrogen-bond acceptors (Lipinski definition) is 1. The van der Waals surface area contributed by atoms with Crippen LogP contribution in [0.25, 0.3) is 0 Å². The summed E-state index contributed by atoms with van der Waals surface area (Å²) >= 11 is 0. The van der Waals surface area contributed by atoms with Crippen LogP contribution in [0.1, 0.15) is 48.0 Å². The first-order chi connectivity index (χ1) is 6.18. The molecule has 1 N–H and O–H groups in total. The van der Waals surface area contributed by atoms with Gasteiger partial charge >= 0.3 is 5.97 Å². The van der Waals surface area contributed by atoms with Crippen LogP contribution in [0.5, 0.6) is 0 Å². The Balaban J connectivity index is 4.71. The molecule has 0 aliphatic rings. The highest BCUT2D eigenvalue weighted by Gasteiger charge is 2.37. The molecular formula is C12H24O2. The quantitative estimate of drug-likeness (QED) is 0.738. The van der Waals surface area contributed by atoms with Crippen molar-refractivity contribution in [3.63, 3.8) is 0 Å². The van der Waals surface area contributed by atoms with Crippen LogP contribution in [-0.2, 0) is 4.79 Å². The van der Waals surface area contributed by atoms with Gasteiger partial charge in [0.05, 0.1) is 5.92 Å². The molecule has 0 rings (SSSR count). The summed E-state index contributed by atoms with van der Waals surface area (Å²) in [7, 11) is 0. The molecule has 0 aliphatic heterocycles. The summed E-state index contributed by atoms with van der Waals surface area (Å²) < 4.78 is 0. The Morgan fingerprint density at radius 1 is 1.21 bits per heavy atom. The minimum atomic E-state index is -0.661. The monoisotopic (exact) mass is 200 g/mol. The molecule has 0 aromatic rings. The van der Waals surface area contributed by atoms with Gasteiger partial charge in [0.15, 0.2) is 0 Å². The Morgan fingerprint density at radius 3 is 1.86 bits per heavy atom. The fraction of sp³-hybridized carbons (Fsp3) is 0.917. The maximum Gasteiger partial charge on any atom is 0.307 e. The number of aliphatic carboxylic acids is 1. The maximum absolute atomic E-state index is 11.2. The van der Waals surface area contributed by atoms with Crippen LogP contribution in [0.15, 0.2) is 0 Å². The van der Waals surface area contributed by atoms with E-state index in [1.54, 1.807) is 0 Å². The van der Waals surface area contributed by atoms with Crippen LogP contribution in [0.2, 0.25) is 0 Å². The second-order valence-corrected chi connectivity index (χ2v) is 5.65. The predicted molar refractivity (Wildman–Crippen MR) is 59.2 cm³/mol. The van der Waals surface area contributed by atoms with Crippen molar-refractivity contribution in [1.82, 2.24) is 0 Å². The van der Waals surface area contributed by atoms with Crippen molar-refractivity contribution < 1.29 is 9.90 Å². The average Bonchev–Trinajstić information content (AvgIpc) is 1.77. The van der Waals surface area contributed by atoms with E-state index in [0.29, 0.717) is 5.92 Å². The first kappa shape index (κ1) is 13.5. The normalized spacial score (nSPS) is 14.9. The molecular weight excluding hydrogens is 176 g/mol. The van der Waals surface area contributed by atoms with E-state index in [1.165, 1.54) is 0 Å². The van der Waals surface area contributed by atoms with Crippen molar-refractivity contribution in [1.29, 1.82) is 0 Å². The molecule has 0 fully saturated rings. The van der Waals surface area contributed by atoms with E-state index in [4.69, 9.17) is 0 Å². The van der Waals surface area contributed by atoms with Gasteiger partial charge < -0.3 is 5.11 Å². The number of carbonyl (C=O) groups is 1. The standard InChI is InChI=1S/C12H24O2/c1-8(2)7-12(5,6)10(9(3)4)11(13)14/h8-10H,7H2,1-6H3,(H,13,14). The summed E-state index contributed by atoms with van der Waals surface area (Å²) in [5.74, 6) is -0.164. The molecule has 84 valence electrons. The lowest BCUT2D eigenvalue weighted by molar-refractivity contribution is -0.148. The Hall–Kier alpha value is -0.530. The summed E-state index contributed by atoms with van der Waals surface area (Å²) in [4.78, 5) is 11.2. The third kappa shape index (κ3) is 3.69. The summed E-state index contributed by atoms with van der Waals surface area (Å²) in [6, 6.07) is 0. The Labute approximate surface area is 87.7 Å². The largest absolute Gasteiger partial charge is 0.481 e.